The Morgan fingerprint density at radius 2 is 1.91 bits per heavy atom. The Morgan fingerprint density at radius 3 is 2.50 bits per heavy atom. The average molecular weight is 304 g/mol. The van der Waals surface area contributed by atoms with Crippen molar-refractivity contribution in [3.05, 3.63) is 23.8 Å². The zero-order valence-electron chi connectivity index (χ0n) is 14.3. The summed E-state index contributed by atoms with van der Waals surface area (Å²) in [5.41, 5.74) is 8.21. The van der Waals surface area contributed by atoms with Gasteiger partial charge in [-0.25, -0.2) is 0 Å². The van der Waals surface area contributed by atoms with E-state index in [4.69, 9.17) is 10.5 Å². The van der Waals surface area contributed by atoms with Crippen LogP contribution in [0.25, 0.3) is 0 Å². The molecule has 2 atom stereocenters. The van der Waals surface area contributed by atoms with E-state index in [1.54, 1.807) is 6.92 Å². The van der Waals surface area contributed by atoms with Gasteiger partial charge in [0.15, 0.2) is 6.10 Å². The summed E-state index contributed by atoms with van der Waals surface area (Å²) in [6.45, 7) is 11.1. The highest BCUT2D eigenvalue weighted by molar-refractivity contribution is 5.99. The van der Waals surface area contributed by atoms with Crippen LogP contribution in [0.15, 0.2) is 18.2 Å². The summed E-state index contributed by atoms with van der Waals surface area (Å²) in [4.78, 5) is 14.3. The first-order valence-electron chi connectivity index (χ1n) is 8.17. The summed E-state index contributed by atoms with van der Waals surface area (Å²) >= 11 is 0. The van der Waals surface area contributed by atoms with Gasteiger partial charge in [0.05, 0.1) is 5.69 Å². The first-order valence-corrected chi connectivity index (χ1v) is 8.17. The van der Waals surface area contributed by atoms with Crippen molar-refractivity contribution in [1.82, 2.24) is 0 Å². The lowest BCUT2D eigenvalue weighted by Crippen LogP contribution is -2.46. The van der Waals surface area contributed by atoms with E-state index < -0.39 is 6.10 Å². The average Bonchev–Trinajstić information content (AvgIpc) is 2.42. The third-order valence-electron chi connectivity index (χ3n) is 3.89. The monoisotopic (exact) mass is 304 g/mol. The van der Waals surface area contributed by atoms with Gasteiger partial charge in [-0.2, -0.15) is 0 Å². The molecule has 4 heteroatoms. The molecule has 0 aliphatic carbocycles. The fraction of sp³-hybridized carbons (Fsp3) is 0.611. The Bertz CT molecular complexity index is 540. The van der Waals surface area contributed by atoms with Crippen molar-refractivity contribution < 1.29 is 9.53 Å². The van der Waals surface area contributed by atoms with Crippen LogP contribution in [-0.4, -0.2) is 18.6 Å². The first-order chi connectivity index (χ1) is 10.3. The lowest BCUT2D eigenvalue weighted by Gasteiger charge is -2.34. The quantitative estimate of drug-likeness (QED) is 0.905. The topological polar surface area (TPSA) is 55.6 Å². The number of nitrogens with zero attached hydrogens (tertiary/aromatic N) is 1. The minimum Gasteiger partial charge on any atom is -0.479 e. The molecule has 0 bridgehead atoms. The van der Waals surface area contributed by atoms with E-state index in [1.165, 1.54) is 0 Å². The SMILES string of the molecule is CC(C)CC(N)c1ccc2c(c1)N(CC(C)C)C(=O)C(C)O2. The van der Waals surface area contributed by atoms with Gasteiger partial charge in [-0.15, -0.1) is 0 Å². The van der Waals surface area contributed by atoms with Crippen molar-refractivity contribution in [3.8, 4) is 5.75 Å². The molecule has 0 spiro atoms. The maximum absolute atomic E-state index is 12.5. The van der Waals surface area contributed by atoms with E-state index in [0.717, 1.165) is 23.4 Å². The third-order valence-corrected chi connectivity index (χ3v) is 3.89. The molecular formula is C18H28N2O2. The predicted molar refractivity (Wildman–Crippen MR) is 90.1 cm³/mol. The largest absolute Gasteiger partial charge is 0.479 e. The van der Waals surface area contributed by atoms with Gasteiger partial charge in [0.2, 0.25) is 0 Å². The maximum atomic E-state index is 12.5. The molecule has 1 amide bonds. The number of hydrogen-bond acceptors (Lipinski definition) is 3. The lowest BCUT2D eigenvalue weighted by atomic mass is 9.96. The maximum Gasteiger partial charge on any atom is 0.267 e. The number of fused-ring (bicyclic) bond motifs is 1. The van der Waals surface area contributed by atoms with Crippen LogP contribution in [0.5, 0.6) is 5.75 Å². The highest BCUT2D eigenvalue weighted by Crippen LogP contribution is 2.37. The Hall–Kier alpha value is -1.55. The summed E-state index contributed by atoms with van der Waals surface area (Å²) in [6.07, 6.45) is 0.496. The van der Waals surface area contributed by atoms with E-state index in [9.17, 15) is 4.79 Å². The third kappa shape index (κ3) is 3.61. The summed E-state index contributed by atoms with van der Waals surface area (Å²) < 4.78 is 5.74. The number of benzene rings is 1. The highest BCUT2D eigenvalue weighted by atomic mass is 16.5. The number of hydrogen-bond donors (Lipinski definition) is 1. The van der Waals surface area contributed by atoms with Gasteiger partial charge < -0.3 is 15.4 Å². The molecule has 1 aromatic carbocycles. The van der Waals surface area contributed by atoms with Gasteiger partial charge in [-0.05, 0) is 42.9 Å². The van der Waals surface area contributed by atoms with E-state index in [2.05, 4.69) is 27.7 Å². The van der Waals surface area contributed by atoms with Crippen molar-refractivity contribution >= 4 is 11.6 Å². The molecule has 0 aromatic heterocycles. The smallest absolute Gasteiger partial charge is 0.267 e. The van der Waals surface area contributed by atoms with Gasteiger partial charge in [0.1, 0.15) is 5.75 Å². The molecular weight excluding hydrogens is 276 g/mol. The number of carbonyl (C=O) groups is 1. The number of carbonyl (C=O) groups excluding carboxylic acids is 1. The fourth-order valence-electron chi connectivity index (χ4n) is 2.85. The van der Waals surface area contributed by atoms with Crippen LogP contribution in [0, 0.1) is 11.8 Å². The zero-order chi connectivity index (χ0) is 16.4. The van der Waals surface area contributed by atoms with E-state index >= 15 is 0 Å². The van der Waals surface area contributed by atoms with Crippen molar-refractivity contribution in [2.75, 3.05) is 11.4 Å². The van der Waals surface area contributed by atoms with Gasteiger partial charge >= 0.3 is 0 Å². The second kappa shape index (κ2) is 6.69. The molecule has 122 valence electrons. The van der Waals surface area contributed by atoms with Gasteiger partial charge in [-0.3, -0.25) is 4.79 Å². The zero-order valence-corrected chi connectivity index (χ0v) is 14.3. The first kappa shape index (κ1) is 16.8. The molecule has 1 heterocycles. The highest BCUT2D eigenvalue weighted by Gasteiger charge is 2.32. The van der Waals surface area contributed by atoms with Crippen molar-refractivity contribution in [1.29, 1.82) is 0 Å². The van der Waals surface area contributed by atoms with Gasteiger partial charge in [-0.1, -0.05) is 33.8 Å². The molecule has 1 aromatic rings. The minimum absolute atomic E-state index is 0.0133. The number of anilines is 1. The predicted octanol–water partition coefficient (Wildman–Crippen LogP) is 3.50. The van der Waals surface area contributed by atoms with Crippen molar-refractivity contribution in [3.63, 3.8) is 0 Å². The van der Waals surface area contributed by atoms with Gasteiger partial charge in [0.25, 0.3) is 5.91 Å². The number of amides is 1. The Morgan fingerprint density at radius 1 is 1.23 bits per heavy atom. The Kier molecular flexibility index (Phi) is 5.12. The molecule has 2 rings (SSSR count). The van der Waals surface area contributed by atoms with E-state index in [0.29, 0.717) is 18.4 Å². The molecule has 1 aliphatic rings. The Labute approximate surface area is 133 Å². The molecule has 22 heavy (non-hydrogen) atoms. The van der Waals surface area contributed by atoms with E-state index in [1.807, 2.05) is 23.1 Å². The van der Waals surface area contributed by atoms with Crippen molar-refractivity contribution in [2.45, 2.75) is 53.2 Å². The number of rotatable bonds is 5. The normalized spacial score (nSPS) is 19.4. The van der Waals surface area contributed by atoms with Crippen LogP contribution in [0.2, 0.25) is 0 Å². The minimum atomic E-state index is -0.429. The summed E-state index contributed by atoms with van der Waals surface area (Å²) in [5.74, 6) is 1.73. The molecule has 1 aliphatic heterocycles. The molecule has 4 nitrogen and oxygen atoms in total. The van der Waals surface area contributed by atoms with Crippen LogP contribution >= 0.6 is 0 Å². The molecule has 0 fully saturated rings. The standard InChI is InChI=1S/C18H28N2O2/c1-11(2)8-15(19)14-6-7-17-16(9-14)20(10-12(3)4)18(21)13(5)22-17/h6-7,9,11-13,15H,8,10,19H2,1-5H3. The van der Waals surface area contributed by atoms with Crippen LogP contribution in [0.1, 0.15) is 52.6 Å². The second-order valence-electron chi connectivity index (χ2n) is 7.07. The van der Waals surface area contributed by atoms with Crippen LogP contribution < -0.4 is 15.4 Å². The number of nitrogens with two attached hydrogens (primary N) is 1. The van der Waals surface area contributed by atoms with Gasteiger partial charge in [0, 0.05) is 12.6 Å². The molecule has 2 N–H and O–H groups in total. The second-order valence-corrected chi connectivity index (χ2v) is 7.07. The van der Waals surface area contributed by atoms with Crippen LogP contribution in [-0.2, 0) is 4.79 Å². The van der Waals surface area contributed by atoms with Crippen molar-refractivity contribution in [2.24, 2.45) is 17.6 Å². The summed E-state index contributed by atoms with van der Waals surface area (Å²) in [6, 6.07) is 5.97. The molecule has 2 unspecified atom stereocenters. The summed E-state index contributed by atoms with van der Waals surface area (Å²) in [7, 11) is 0. The fourth-order valence-corrected chi connectivity index (χ4v) is 2.85. The molecule has 0 saturated carbocycles. The molecule has 0 radical (unpaired) electrons. The van der Waals surface area contributed by atoms with Crippen LogP contribution in [0.4, 0.5) is 5.69 Å². The lowest BCUT2D eigenvalue weighted by molar-refractivity contribution is -0.125. The summed E-state index contributed by atoms with van der Waals surface area (Å²) in [5, 5.41) is 0. The van der Waals surface area contributed by atoms with E-state index in [-0.39, 0.29) is 11.9 Å². The van der Waals surface area contributed by atoms with Crippen LogP contribution in [0.3, 0.4) is 0 Å². The molecule has 0 saturated heterocycles. The Balaban J connectivity index is 2.36. The number of ether oxygens (including phenoxy) is 1.